The molecule has 1 N–H and O–H groups in total. The molecule has 0 aliphatic carbocycles. The third-order valence-electron chi connectivity index (χ3n) is 4.18. The number of hydrogen-bond acceptors (Lipinski definition) is 3. The minimum Gasteiger partial charge on any atom is -0.314 e. The summed E-state index contributed by atoms with van der Waals surface area (Å²) in [5.74, 6) is 0.635. The van der Waals surface area contributed by atoms with Gasteiger partial charge >= 0.3 is 0 Å². The van der Waals surface area contributed by atoms with Crippen LogP contribution in [-0.4, -0.2) is 17.6 Å². The summed E-state index contributed by atoms with van der Waals surface area (Å²) in [6.07, 6.45) is 1.06. The summed E-state index contributed by atoms with van der Waals surface area (Å²) in [6, 6.07) is 0.537. The summed E-state index contributed by atoms with van der Waals surface area (Å²) >= 11 is 1.82. The van der Waals surface area contributed by atoms with Gasteiger partial charge in [0, 0.05) is 29.8 Å². The SMILES string of the molecule is CC(C)NCC(C)(Cc1nc(C(C)(C)C)cs1)C(C)C. The van der Waals surface area contributed by atoms with E-state index >= 15 is 0 Å². The highest BCUT2D eigenvalue weighted by molar-refractivity contribution is 7.09. The molecule has 1 heterocycles. The van der Waals surface area contributed by atoms with E-state index in [0.717, 1.165) is 13.0 Å². The lowest BCUT2D eigenvalue weighted by atomic mass is 9.76. The first-order chi connectivity index (χ1) is 9.04. The van der Waals surface area contributed by atoms with Crippen molar-refractivity contribution in [2.45, 2.75) is 73.3 Å². The first-order valence-electron chi connectivity index (χ1n) is 7.73. The molecular weight excluding hydrogens is 264 g/mol. The fraction of sp³-hybridized carbons (Fsp3) is 0.824. The molecule has 0 saturated carbocycles. The van der Waals surface area contributed by atoms with Gasteiger partial charge in [0.2, 0.25) is 0 Å². The number of hydrogen-bond donors (Lipinski definition) is 1. The van der Waals surface area contributed by atoms with Crippen LogP contribution in [0.3, 0.4) is 0 Å². The van der Waals surface area contributed by atoms with E-state index in [1.54, 1.807) is 0 Å². The Morgan fingerprint density at radius 3 is 2.15 bits per heavy atom. The molecule has 116 valence electrons. The molecule has 1 aromatic rings. The van der Waals surface area contributed by atoms with E-state index in [9.17, 15) is 0 Å². The molecule has 1 aromatic heterocycles. The Morgan fingerprint density at radius 2 is 1.75 bits per heavy atom. The normalized spacial score (nSPS) is 15.9. The molecule has 0 amide bonds. The highest BCUT2D eigenvalue weighted by Gasteiger charge is 2.30. The van der Waals surface area contributed by atoms with Crippen LogP contribution in [0.4, 0.5) is 0 Å². The van der Waals surface area contributed by atoms with Gasteiger partial charge in [0.15, 0.2) is 0 Å². The Balaban J connectivity index is 2.83. The van der Waals surface area contributed by atoms with Crippen molar-refractivity contribution < 1.29 is 0 Å². The van der Waals surface area contributed by atoms with Gasteiger partial charge in [-0.05, 0) is 11.3 Å². The van der Waals surface area contributed by atoms with Crippen molar-refractivity contribution in [3.8, 4) is 0 Å². The van der Waals surface area contributed by atoms with Crippen molar-refractivity contribution in [1.82, 2.24) is 10.3 Å². The second-order valence-corrected chi connectivity index (χ2v) is 8.84. The molecule has 0 fully saturated rings. The van der Waals surface area contributed by atoms with Gasteiger partial charge in [-0.3, -0.25) is 0 Å². The summed E-state index contributed by atoms with van der Waals surface area (Å²) in [5, 5.41) is 7.10. The van der Waals surface area contributed by atoms with E-state index in [0.29, 0.717) is 12.0 Å². The standard InChI is InChI=1S/C17H32N2S/c1-12(2)17(8,11-18-13(3)4)9-15-19-14(10-20-15)16(5,6)7/h10,12-13,18H,9,11H2,1-8H3. The van der Waals surface area contributed by atoms with Crippen LogP contribution in [0.5, 0.6) is 0 Å². The minimum atomic E-state index is 0.152. The highest BCUT2D eigenvalue weighted by Crippen LogP contribution is 2.33. The maximum Gasteiger partial charge on any atom is 0.0934 e. The van der Waals surface area contributed by atoms with Gasteiger partial charge in [-0.25, -0.2) is 4.98 Å². The third kappa shape index (κ3) is 4.85. The number of nitrogens with zero attached hydrogens (tertiary/aromatic N) is 1. The van der Waals surface area contributed by atoms with Crippen molar-refractivity contribution in [3.05, 3.63) is 16.1 Å². The van der Waals surface area contributed by atoms with Gasteiger partial charge in [-0.1, -0.05) is 55.4 Å². The zero-order valence-corrected chi connectivity index (χ0v) is 15.3. The lowest BCUT2D eigenvalue weighted by Gasteiger charge is -2.34. The zero-order chi connectivity index (χ0) is 15.6. The van der Waals surface area contributed by atoms with Gasteiger partial charge in [0.05, 0.1) is 10.7 Å². The van der Waals surface area contributed by atoms with Gasteiger partial charge in [-0.15, -0.1) is 11.3 Å². The van der Waals surface area contributed by atoms with Crippen LogP contribution in [-0.2, 0) is 11.8 Å². The van der Waals surface area contributed by atoms with Crippen LogP contribution in [0.2, 0.25) is 0 Å². The maximum atomic E-state index is 4.87. The Hall–Kier alpha value is -0.410. The van der Waals surface area contributed by atoms with Crippen LogP contribution in [0.1, 0.15) is 66.1 Å². The topological polar surface area (TPSA) is 24.9 Å². The lowest BCUT2D eigenvalue weighted by molar-refractivity contribution is 0.201. The molecule has 1 rings (SSSR count). The van der Waals surface area contributed by atoms with Crippen LogP contribution in [0, 0.1) is 11.3 Å². The molecule has 0 aliphatic rings. The van der Waals surface area contributed by atoms with E-state index in [2.05, 4.69) is 66.1 Å². The molecule has 0 aliphatic heterocycles. The Labute approximate surface area is 129 Å². The zero-order valence-electron chi connectivity index (χ0n) is 14.5. The lowest BCUT2D eigenvalue weighted by Crippen LogP contribution is -2.40. The predicted octanol–water partition coefficient (Wildman–Crippen LogP) is 4.64. The second-order valence-electron chi connectivity index (χ2n) is 7.90. The van der Waals surface area contributed by atoms with Crippen molar-refractivity contribution in [3.63, 3.8) is 0 Å². The van der Waals surface area contributed by atoms with Crippen molar-refractivity contribution in [2.24, 2.45) is 11.3 Å². The monoisotopic (exact) mass is 296 g/mol. The molecule has 1 unspecified atom stereocenters. The van der Waals surface area contributed by atoms with Gasteiger partial charge in [-0.2, -0.15) is 0 Å². The van der Waals surface area contributed by atoms with Crippen molar-refractivity contribution in [1.29, 1.82) is 0 Å². The fourth-order valence-corrected chi connectivity index (χ4v) is 3.21. The summed E-state index contributed by atoms with van der Waals surface area (Å²) in [5.41, 5.74) is 1.64. The van der Waals surface area contributed by atoms with E-state index in [4.69, 9.17) is 4.98 Å². The Kier molecular flexibility index (Phi) is 5.79. The summed E-state index contributed by atoms with van der Waals surface area (Å²) in [6.45, 7) is 19.2. The molecular formula is C17H32N2S. The molecule has 0 aromatic carbocycles. The van der Waals surface area contributed by atoms with Crippen molar-refractivity contribution >= 4 is 11.3 Å². The number of rotatable bonds is 6. The molecule has 3 heteroatoms. The van der Waals surface area contributed by atoms with Crippen LogP contribution in [0.15, 0.2) is 5.38 Å². The summed E-state index contributed by atoms with van der Waals surface area (Å²) in [7, 11) is 0. The molecule has 0 radical (unpaired) electrons. The first-order valence-corrected chi connectivity index (χ1v) is 8.61. The van der Waals surface area contributed by atoms with Crippen molar-refractivity contribution in [2.75, 3.05) is 6.54 Å². The first kappa shape index (κ1) is 17.6. The van der Waals surface area contributed by atoms with E-state index in [1.165, 1.54) is 10.7 Å². The quantitative estimate of drug-likeness (QED) is 0.827. The van der Waals surface area contributed by atoms with Gasteiger partial charge in [0.25, 0.3) is 0 Å². The number of thiazole rings is 1. The second kappa shape index (κ2) is 6.57. The average Bonchev–Trinajstić information content (AvgIpc) is 2.74. The Morgan fingerprint density at radius 1 is 1.15 bits per heavy atom. The predicted molar refractivity (Wildman–Crippen MR) is 90.6 cm³/mol. The fourth-order valence-electron chi connectivity index (χ4n) is 1.99. The van der Waals surface area contributed by atoms with Crippen LogP contribution >= 0.6 is 11.3 Å². The van der Waals surface area contributed by atoms with Crippen LogP contribution < -0.4 is 5.32 Å². The average molecular weight is 297 g/mol. The summed E-state index contributed by atoms with van der Waals surface area (Å²) < 4.78 is 0. The highest BCUT2D eigenvalue weighted by atomic mass is 32.1. The van der Waals surface area contributed by atoms with E-state index in [-0.39, 0.29) is 10.8 Å². The number of aromatic nitrogens is 1. The Bertz CT molecular complexity index is 415. The van der Waals surface area contributed by atoms with E-state index < -0.39 is 0 Å². The summed E-state index contributed by atoms with van der Waals surface area (Å²) in [4.78, 5) is 4.87. The van der Waals surface area contributed by atoms with E-state index in [1.807, 2.05) is 11.3 Å². The molecule has 0 bridgehead atoms. The molecule has 0 saturated heterocycles. The van der Waals surface area contributed by atoms with Gasteiger partial charge < -0.3 is 5.32 Å². The molecule has 2 nitrogen and oxygen atoms in total. The maximum absolute atomic E-state index is 4.87. The smallest absolute Gasteiger partial charge is 0.0934 e. The van der Waals surface area contributed by atoms with Gasteiger partial charge in [0.1, 0.15) is 0 Å². The molecule has 20 heavy (non-hydrogen) atoms. The minimum absolute atomic E-state index is 0.152. The molecule has 1 atom stereocenters. The van der Waals surface area contributed by atoms with Crippen LogP contribution in [0.25, 0.3) is 0 Å². The largest absolute Gasteiger partial charge is 0.314 e. The number of nitrogens with one attached hydrogen (secondary N) is 1. The third-order valence-corrected chi connectivity index (χ3v) is 5.03. The molecule has 0 spiro atoms.